The molecule has 0 aromatic heterocycles. The van der Waals surface area contributed by atoms with Crippen molar-refractivity contribution in [3.63, 3.8) is 0 Å². The van der Waals surface area contributed by atoms with Crippen molar-refractivity contribution >= 4 is 0 Å². The van der Waals surface area contributed by atoms with Gasteiger partial charge in [-0.1, -0.05) is 51.2 Å². The van der Waals surface area contributed by atoms with Gasteiger partial charge in [0.25, 0.3) is 0 Å². The molecule has 0 saturated carbocycles. The smallest absolute Gasteiger partial charge is 0.157 e. The van der Waals surface area contributed by atoms with E-state index in [4.69, 9.17) is 14.2 Å². The Bertz CT molecular complexity index is 272. The van der Waals surface area contributed by atoms with Gasteiger partial charge < -0.3 is 14.2 Å². The van der Waals surface area contributed by atoms with Crippen LogP contribution in [0.3, 0.4) is 0 Å². The molecular formula is C20H38O3. The van der Waals surface area contributed by atoms with Crippen LogP contribution < -0.4 is 0 Å². The molecule has 0 aromatic carbocycles. The molecule has 23 heavy (non-hydrogen) atoms. The molecule has 0 N–H and O–H groups in total. The molecule has 0 radical (unpaired) electrons. The second-order valence-electron chi connectivity index (χ2n) is 6.58. The lowest BCUT2D eigenvalue weighted by Gasteiger charge is -2.22. The standard InChI is InChI=1S/C20H38O3/c1-3-4-5-6-9-14-19(21-2)15-10-7-8-12-17-22-20-16-11-13-18-23-20/h7,10,19-20H,3-6,8-9,11-18H2,1-2H3/b10-7+/t19-,20?/m0/s1. The van der Waals surface area contributed by atoms with Gasteiger partial charge in [0.15, 0.2) is 6.29 Å². The highest BCUT2D eigenvalue weighted by atomic mass is 16.7. The lowest BCUT2D eigenvalue weighted by molar-refractivity contribution is -0.162. The Hall–Kier alpha value is -0.380. The summed E-state index contributed by atoms with van der Waals surface area (Å²) in [5.41, 5.74) is 0. The van der Waals surface area contributed by atoms with Crippen LogP contribution in [0.4, 0.5) is 0 Å². The molecule has 0 aliphatic carbocycles. The number of rotatable bonds is 14. The predicted molar refractivity (Wildman–Crippen MR) is 96.7 cm³/mol. The van der Waals surface area contributed by atoms with Crippen LogP contribution >= 0.6 is 0 Å². The third kappa shape index (κ3) is 11.7. The number of allylic oxidation sites excluding steroid dienone is 1. The molecule has 2 atom stereocenters. The topological polar surface area (TPSA) is 27.7 Å². The van der Waals surface area contributed by atoms with Crippen molar-refractivity contribution in [2.24, 2.45) is 0 Å². The summed E-state index contributed by atoms with van der Waals surface area (Å²) in [6.45, 7) is 3.93. The minimum atomic E-state index is 0.0540. The Morgan fingerprint density at radius 2 is 1.96 bits per heavy atom. The van der Waals surface area contributed by atoms with Crippen LogP contribution in [0.2, 0.25) is 0 Å². The maximum atomic E-state index is 5.74. The Labute approximate surface area is 143 Å². The zero-order valence-electron chi connectivity index (χ0n) is 15.4. The van der Waals surface area contributed by atoms with Gasteiger partial charge in [0, 0.05) is 13.7 Å². The second-order valence-corrected chi connectivity index (χ2v) is 6.58. The summed E-state index contributed by atoms with van der Waals surface area (Å²) >= 11 is 0. The Morgan fingerprint density at radius 1 is 1.09 bits per heavy atom. The molecule has 0 amide bonds. The van der Waals surface area contributed by atoms with E-state index < -0.39 is 0 Å². The molecule has 1 saturated heterocycles. The van der Waals surface area contributed by atoms with E-state index in [0.717, 1.165) is 38.9 Å². The van der Waals surface area contributed by atoms with E-state index in [1.54, 1.807) is 0 Å². The lowest BCUT2D eigenvalue weighted by atomic mass is 10.1. The molecule has 1 aliphatic rings. The molecule has 0 aromatic rings. The van der Waals surface area contributed by atoms with Crippen molar-refractivity contribution in [2.75, 3.05) is 20.3 Å². The minimum Gasteiger partial charge on any atom is -0.381 e. The number of methoxy groups -OCH3 is 1. The van der Waals surface area contributed by atoms with Crippen LogP contribution in [0.1, 0.15) is 84.0 Å². The van der Waals surface area contributed by atoms with Gasteiger partial charge in [-0.2, -0.15) is 0 Å². The first-order valence-corrected chi connectivity index (χ1v) is 9.77. The molecule has 3 heteroatoms. The fraction of sp³-hybridized carbons (Fsp3) is 0.900. The van der Waals surface area contributed by atoms with Gasteiger partial charge in [-0.25, -0.2) is 0 Å². The molecule has 0 bridgehead atoms. The molecule has 1 rings (SSSR count). The van der Waals surface area contributed by atoms with Crippen LogP contribution in [0, 0.1) is 0 Å². The van der Waals surface area contributed by atoms with Crippen molar-refractivity contribution in [1.82, 2.24) is 0 Å². The highest BCUT2D eigenvalue weighted by Crippen LogP contribution is 2.14. The van der Waals surface area contributed by atoms with E-state index in [2.05, 4.69) is 19.1 Å². The third-order valence-corrected chi connectivity index (χ3v) is 4.49. The fourth-order valence-corrected chi connectivity index (χ4v) is 2.93. The molecule has 1 fully saturated rings. The average Bonchev–Trinajstić information content (AvgIpc) is 2.59. The van der Waals surface area contributed by atoms with Gasteiger partial charge in [0.1, 0.15) is 0 Å². The maximum absolute atomic E-state index is 5.74. The van der Waals surface area contributed by atoms with Crippen LogP contribution in [0.15, 0.2) is 12.2 Å². The molecule has 1 unspecified atom stereocenters. The predicted octanol–water partition coefficient (Wildman–Crippen LogP) is 5.63. The third-order valence-electron chi connectivity index (χ3n) is 4.49. The molecule has 1 heterocycles. The van der Waals surface area contributed by atoms with Gasteiger partial charge in [0.05, 0.1) is 12.7 Å². The molecule has 3 nitrogen and oxygen atoms in total. The quantitative estimate of drug-likeness (QED) is 0.306. The van der Waals surface area contributed by atoms with Crippen molar-refractivity contribution in [3.05, 3.63) is 12.2 Å². The van der Waals surface area contributed by atoms with Crippen LogP contribution in [0.25, 0.3) is 0 Å². The van der Waals surface area contributed by atoms with E-state index in [1.807, 2.05) is 7.11 Å². The van der Waals surface area contributed by atoms with E-state index in [9.17, 15) is 0 Å². The summed E-state index contributed by atoms with van der Waals surface area (Å²) in [4.78, 5) is 0. The number of unbranched alkanes of at least 4 members (excludes halogenated alkanes) is 5. The number of ether oxygens (including phenoxy) is 3. The van der Waals surface area contributed by atoms with E-state index in [1.165, 1.54) is 51.4 Å². The molecule has 136 valence electrons. The van der Waals surface area contributed by atoms with E-state index in [-0.39, 0.29) is 6.29 Å². The largest absolute Gasteiger partial charge is 0.381 e. The van der Waals surface area contributed by atoms with Gasteiger partial charge in [-0.15, -0.1) is 0 Å². The van der Waals surface area contributed by atoms with Gasteiger partial charge in [-0.3, -0.25) is 0 Å². The maximum Gasteiger partial charge on any atom is 0.157 e. The van der Waals surface area contributed by atoms with Crippen LogP contribution in [0.5, 0.6) is 0 Å². The SMILES string of the molecule is CCCCCCC[C@@H](C/C=C/CCCOC1CCCCO1)OC. The summed E-state index contributed by atoms with van der Waals surface area (Å²) in [5, 5.41) is 0. The number of hydrogen-bond acceptors (Lipinski definition) is 3. The summed E-state index contributed by atoms with van der Waals surface area (Å²) in [7, 11) is 1.84. The van der Waals surface area contributed by atoms with Crippen molar-refractivity contribution in [2.45, 2.75) is 96.4 Å². The second kappa shape index (κ2) is 15.2. The van der Waals surface area contributed by atoms with Crippen molar-refractivity contribution in [1.29, 1.82) is 0 Å². The molecule has 1 aliphatic heterocycles. The van der Waals surface area contributed by atoms with Crippen molar-refractivity contribution in [3.8, 4) is 0 Å². The first-order valence-electron chi connectivity index (χ1n) is 9.77. The van der Waals surface area contributed by atoms with Gasteiger partial charge in [0.2, 0.25) is 0 Å². The molecular weight excluding hydrogens is 288 g/mol. The summed E-state index contributed by atoms with van der Waals surface area (Å²) in [5.74, 6) is 0. The summed E-state index contributed by atoms with van der Waals surface area (Å²) in [6.07, 6.45) is 19.5. The van der Waals surface area contributed by atoms with E-state index >= 15 is 0 Å². The van der Waals surface area contributed by atoms with Gasteiger partial charge in [-0.05, 0) is 44.9 Å². The highest BCUT2D eigenvalue weighted by molar-refractivity contribution is 4.84. The number of hydrogen-bond donors (Lipinski definition) is 0. The van der Waals surface area contributed by atoms with Gasteiger partial charge >= 0.3 is 0 Å². The first kappa shape index (κ1) is 20.7. The average molecular weight is 327 g/mol. The lowest BCUT2D eigenvalue weighted by Crippen LogP contribution is -2.22. The first-order chi connectivity index (χ1) is 11.4. The minimum absolute atomic E-state index is 0.0540. The molecule has 0 spiro atoms. The van der Waals surface area contributed by atoms with Crippen molar-refractivity contribution < 1.29 is 14.2 Å². The normalized spacial score (nSPS) is 20.2. The van der Waals surface area contributed by atoms with E-state index in [0.29, 0.717) is 6.10 Å². The Kier molecular flexibility index (Phi) is 13.6. The van der Waals surface area contributed by atoms with Crippen LogP contribution in [-0.4, -0.2) is 32.7 Å². The Morgan fingerprint density at radius 3 is 2.70 bits per heavy atom. The Balaban J connectivity index is 1.94. The zero-order valence-corrected chi connectivity index (χ0v) is 15.4. The summed E-state index contributed by atoms with van der Waals surface area (Å²) < 4.78 is 16.9. The zero-order chi connectivity index (χ0) is 16.6. The highest BCUT2D eigenvalue weighted by Gasteiger charge is 2.13. The summed E-state index contributed by atoms with van der Waals surface area (Å²) in [6, 6.07) is 0. The monoisotopic (exact) mass is 326 g/mol. The fourth-order valence-electron chi connectivity index (χ4n) is 2.93. The van der Waals surface area contributed by atoms with Crippen LogP contribution in [-0.2, 0) is 14.2 Å².